The molecule has 3 N–H and O–H groups in total. The van der Waals surface area contributed by atoms with Gasteiger partial charge in [0.1, 0.15) is 6.04 Å². The van der Waals surface area contributed by atoms with Crippen molar-refractivity contribution in [3.05, 3.63) is 35.9 Å². The second-order valence-electron chi connectivity index (χ2n) is 5.81. The zero-order valence-corrected chi connectivity index (χ0v) is 13.5. The molecule has 5 heteroatoms. The summed E-state index contributed by atoms with van der Waals surface area (Å²) in [5.74, 6) is -0.0954. The fourth-order valence-corrected chi connectivity index (χ4v) is 2.77. The van der Waals surface area contributed by atoms with Crippen molar-refractivity contribution in [3.8, 4) is 0 Å². The number of carbonyl (C=O) groups excluding carboxylic acids is 1. The largest absolute Gasteiger partial charge is 0.354 e. The highest BCUT2D eigenvalue weighted by atomic mass is 16.2. The van der Waals surface area contributed by atoms with Gasteiger partial charge in [0.15, 0.2) is 0 Å². The molecule has 1 amide bonds. The van der Waals surface area contributed by atoms with E-state index in [1.54, 1.807) is 0 Å². The Kier molecular flexibility index (Phi) is 6.83. The van der Waals surface area contributed by atoms with E-state index in [2.05, 4.69) is 22.0 Å². The average molecular weight is 304 g/mol. The predicted octanol–water partition coefficient (Wildman–Crippen LogP) is 0.830. The lowest BCUT2D eigenvalue weighted by atomic mass is 10.1. The van der Waals surface area contributed by atoms with E-state index >= 15 is 0 Å². The molecular weight excluding hydrogens is 276 g/mol. The van der Waals surface area contributed by atoms with Crippen LogP contribution in [0.15, 0.2) is 30.3 Å². The van der Waals surface area contributed by atoms with Crippen LogP contribution in [0.4, 0.5) is 0 Å². The molecule has 5 nitrogen and oxygen atoms in total. The molecule has 22 heavy (non-hydrogen) atoms. The molecule has 1 aromatic carbocycles. The van der Waals surface area contributed by atoms with Gasteiger partial charge in [-0.3, -0.25) is 4.79 Å². The molecule has 1 atom stereocenters. The van der Waals surface area contributed by atoms with Crippen molar-refractivity contribution in [2.45, 2.75) is 19.4 Å². The molecule has 0 aliphatic carbocycles. The van der Waals surface area contributed by atoms with E-state index < -0.39 is 6.04 Å². The first kappa shape index (κ1) is 16.9. The minimum atomic E-state index is -0.575. The van der Waals surface area contributed by atoms with Gasteiger partial charge in [-0.15, -0.1) is 0 Å². The third-order valence-corrected chi connectivity index (χ3v) is 4.30. The number of nitrogens with two attached hydrogens (primary N) is 1. The SMILES string of the molecule is CCN1CCN(CCCNC(=O)C(N)c2ccccc2)CC1. The molecule has 1 aliphatic rings. The number of likely N-dealkylation sites (N-methyl/N-ethyl adjacent to an activating group) is 1. The van der Waals surface area contributed by atoms with Gasteiger partial charge in [-0.2, -0.15) is 0 Å². The third kappa shape index (κ3) is 5.09. The summed E-state index contributed by atoms with van der Waals surface area (Å²) in [7, 11) is 0. The van der Waals surface area contributed by atoms with E-state index in [1.807, 2.05) is 30.3 Å². The highest BCUT2D eigenvalue weighted by Crippen LogP contribution is 2.09. The summed E-state index contributed by atoms with van der Waals surface area (Å²) in [6.45, 7) is 9.65. The van der Waals surface area contributed by atoms with Gasteiger partial charge in [-0.25, -0.2) is 0 Å². The van der Waals surface area contributed by atoms with Gasteiger partial charge in [-0.1, -0.05) is 37.3 Å². The maximum absolute atomic E-state index is 12.0. The first-order valence-electron chi connectivity index (χ1n) is 8.23. The van der Waals surface area contributed by atoms with Crippen LogP contribution in [0.25, 0.3) is 0 Å². The fraction of sp³-hybridized carbons (Fsp3) is 0.588. The van der Waals surface area contributed by atoms with Crippen LogP contribution >= 0.6 is 0 Å². The number of nitrogens with zero attached hydrogens (tertiary/aromatic N) is 2. The first-order chi connectivity index (χ1) is 10.7. The standard InChI is InChI=1S/C17H28N4O/c1-2-20-11-13-21(14-12-20)10-6-9-19-17(22)16(18)15-7-4-3-5-8-15/h3-5,7-8,16H,2,6,9-14,18H2,1H3,(H,19,22). The number of carbonyl (C=O) groups is 1. The van der Waals surface area contributed by atoms with Crippen molar-refractivity contribution < 1.29 is 4.79 Å². The van der Waals surface area contributed by atoms with Crippen LogP contribution in [-0.2, 0) is 4.79 Å². The number of rotatable bonds is 7. The molecule has 0 bridgehead atoms. The molecule has 1 unspecified atom stereocenters. The van der Waals surface area contributed by atoms with Crippen molar-refractivity contribution >= 4 is 5.91 Å². The maximum atomic E-state index is 12.0. The van der Waals surface area contributed by atoms with Crippen LogP contribution < -0.4 is 11.1 Å². The van der Waals surface area contributed by atoms with Crippen molar-refractivity contribution in [2.24, 2.45) is 5.73 Å². The lowest BCUT2D eigenvalue weighted by Crippen LogP contribution is -2.46. The molecule has 1 fully saturated rings. The molecule has 122 valence electrons. The number of nitrogens with one attached hydrogen (secondary N) is 1. The molecule has 0 radical (unpaired) electrons. The number of piperazine rings is 1. The van der Waals surface area contributed by atoms with Crippen molar-refractivity contribution in [3.63, 3.8) is 0 Å². The Balaban J connectivity index is 1.61. The highest BCUT2D eigenvalue weighted by Gasteiger charge is 2.16. The van der Waals surface area contributed by atoms with Gasteiger partial charge in [0.25, 0.3) is 0 Å². The number of benzene rings is 1. The molecule has 0 aromatic heterocycles. The van der Waals surface area contributed by atoms with Crippen molar-refractivity contribution in [1.29, 1.82) is 0 Å². The summed E-state index contributed by atoms with van der Waals surface area (Å²) in [4.78, 5) is 17.0. The van der Waals surface area contributed by atoms with Gasteiger partial charge in [0.05, 0.1) is 0 Å². The molecule has 1 aliphatic heterocycles. The summed E-state index contributed by atoms with van der Waals surface area (Å²) in [5.41, 5.74) is 6.82. The normalized spacial score (nSPS) is 18.1. The first-order valence-corrected chi connectivity index (χ1v) is 8.23. The van der Waals surface area contributed by atoms with Crippen LogP contribution in [0.3, 0.4) is 0 Å². The Morgan fingerprint density at radius 3 is 2.45 bits per heavy atom. The Morgan fingerprint density at radius 2 is 1.82 bits per heavy atom. The minimum Gasteiger partial charge on any atom is -0.354 e. The molecule has 1 saturated heterocycles. The number of hydrogen-bond acceptors (Lipinski definition) is 4. The van der Waals surface area contributed by atoms with Gasteiger partial charge >= 0.3 is 0 Å². The molecule has 0 saturated carbocycles. The van der Waals surface area contributed by atoms with Gasteiger partial charge in [-0.05, 0) is 25.1 Å². The summed E-state index contributed by atoms with van der Waals surface area (Å²) in [5, 5.41) is 2.94. The van der Waals surface area contributed by atoms with Crippen molar-refractivity contribution in [2.75, 3.05) is 45.8 Å². The van der Waals surface area contributed by atoms with Crippen molar-refractivity contribution in [1.82, 2.24) is 15.1 Å². The summed E-state index contributed by atoms with van der Waals surface area (Å²) in [6.07, 6.45) is 0.972. The monoisotopic (exact) mass is 304 g/mol. The highest BCUT2D eigenvalue weighted by molar-refractivity contribution is 5.82. The van der Waals surface area contributed by atoms with E-state index in [1.165, 1.54) is 0 Å². The van der Waals surface area contributed by atoms with E-state index in [-0.39, 0.29) is 5.91 Å². The Morgan fingerprint density at radius 1 is 1.18 bits per heavy atom. The molecule has 1 aromatic rings. The molecular formula is C17H28N4O. The quantitative estimate of drug-likeness (QED) is 0.733. The Hall–Kier alpha value is -1.43. The van der Waals surface area contributed by atoms with E-state index in [0.29, 0.717) is 6.54 Å². The van der Waals surface area contributed by atoms with Crippen LogP contribution in [0.5, 0.6) is 0 Å². The Bertz CT molecular complexity index is 443. The topological polar surface area (TPSA) is 61.6 Å². The van der Waals surface area contributed by atoms with Crippen LogP contribution in [0.1, 0.15) is 24.9 Å². The van der Waals surface area contributed by atoms with Gasteiger partial charge in [0, 0.05) is 32.7 Å². The lowest BCUT2D eigenvalue weighted by molar-refractivity contribution is -0.122. The van der Waals surface area contributed by atoms with E-state index in [9.17, 15) is 4.79 Å². The molecule has 0 spiro atoms. The number of hydrogen-bond donors (Lipinski definition) is 2. The second kappa shape index (κ2) is 8.88. The van der Waals surface area contributed by atoms with E-state index in [4.69, 9.17) is 5.73 Å². The van der Waals surface area contributed by atoms with Gasteiger partial charge in [0.2, 0.25) is 5.91 Å². The van der Waals surface area contributed by atoms with Crippen LogP contribution in [0.2, 0.25) is 0 Å². The maximum Gasteiger partial charge on any atom is 0.241 e. The average Bonchev–Trinajstić information content (AvgIpc) is 2.59. The minimum absolute atomic E-state index is 0.0954. The Labute approximate surface area is 133 Å². The summed E-state index contributed by atoms with van der Waals surface area (Å²) >= 11 is 0. The van der Waals surface area contributed by atoms with E-state index in [0.717, 1.165) is 51.3 Å². The smallest absolute Gasteiger partial charge is 0.241 e. The summed E-state index contributed by atoms with van der Waals surface area (Å²) in [6, 6.07) is 8.92. The lowest BCUT2D eigenvalue weighted by Gasteiger charge is -2.34. The van der Waals surface area contributed by atoms with Crippen LogP contribution in [-0.4, -0.2) is 61.5 Å². The summed E-state index contributed by atoms with van der Waals surface area (Å²) < 4.78 is 0. The predicted molar refractivity (Wildman–Crippen MR) is 89.6 cm³/mol. The fourth-order valence-electron chi connectivity index (χ4n) is 2.77. The zero-order chi connectivity index (χ0) is 15.8. The molecule has 1 heterocycles. The zero-order valence-electron chi connectivity index (χ0n) is 13.5. The molecule has 2 rings (SSSR count). The van der Waals surface area contributed by atoms with Crippen LogP contribution in [0, 0.1) is 0 Å². The second-order valence-corrected chi connectivity index (χ2v) is 5.81. The third-order valence-electron chi connectivity index (χ3n) is 4.30. The van der Waals surface area contributed by atoms with Gasteiger partial charge < -0.3 is 20.9 Å². The number of amides is 1.